The first-order chi connectivity index (χ1) is 12.8. The quantitative estimate of drug-likeness (QED) is 0.357. The summed E-state index contributed by atoms with van der Waals surface area (Å²) in [5, 5.41) is 0. The number of hydrogen-bond acceptors (Lipinski definition) is 1. The Morgan fingerprint density at radius 3 is 1.92 bits per heavy atom. The molecular formula is C25H26O. The van der Waals surface area contributed by atoms with E-state index in [0.717, 1.165) is 41.7 Å². The number of unbranched alkanes of at least 4 members (excludes halogenated alkanes) is 2. The van der Waals surface area contributed by atoms with Crippen LogP contribution in [0.15, 0.2) is 60.7 Å². The van der Waals surface area contributed by atoms with Crippen LogP contribution in [-0.4, -0.2) is 6.61 Å². The monoisotopic (exact) mass is 342 g/mol. The summed E-state index contributed by atoms with van der Waals surface area (Å²) in [5.41, 5.74) is 3.02. The minimum atomic E-state index is 0.604. The zero-order valence-electron chi connectivity index (χ0n) is 15.7. The Kier molecular flexibility index (Phi) is 8.68. The van der Waals surface area contributed by atoms with E-state index in [2.05, 4.69) is 43.6 Å². The zero-order chi connectivity index (χ0) is 18.5. The van der Waals surface area contributed by atoms with Crippen LogP contribution < -0.4 is 4.74 Å². The fraction of sp³-hybridized carbons (Fsp3) is 0.280. The maximum Gasteiger partial charge on any atom is 0.119 e. The molecule has 0 saturated heterocycles. The first-order valence-electron chi connectivity index (χ1n) is 9.30. The predicted octanol–water partition coefficient (Wildman–Crippen LogP) is 5.97. The third kappa shape index (κ3) is 7.33. The molecule has 132 valence electrons. The van der Waals surface area contributed by atoms with Crippen LogP contribution in [0.3, 0.4) is 0 Å². The van der Waals surface area contributed by atoms with E-state index in [1.54, 1.807) is 0 Å². The largest absolute Gasteiger partial charge is 0.490 e. The van der Waals surface area contributed by atoms with Gasteiger partial charge in [0.2, 0.25) is 0 Å². The summed E-state index contributed by atoms with van der Waals surface area (Å²) >= 11 is 0. The SMILES string of the molecule is CCC=CCOc1ccc(C#Cc2ccc(C#CCCCC)cc2)cc1. The first-order valence-corrected chi connectivity index (χ1v) is 9.30. The van der Waals surface area contributed by atoms with Crippen LogP contribution in [-0.2, 0) is 0 Å². The van der Waals surface area contributed by atoms with Gasteiger partial charge in [-0.05, 0) is 61.4 Å². The molecule has 0 atom stereocenters. The van der Waals surface area contributed by atoms with Gasteiger partial charge in [0.05, 0.1) is 0 Å². The number of hydrogen-bond donors (Lipinski definition) is 0. The van der Waals surface area contributed by atoms with Gasteiger partial charge >= 0.3 is 0 Å². The lowest BCUT2D eigenvalue weighted by Gasteiger charge is -2.02. The second kappa shape index (κ2) is 11.6. The Balaban J connectivity index is 1.91. The van der Waals surface area contributed by atoms with Gasteiger partial charge < -0.3 is 4.74 Å². The van der Waals surface area contributed by atoms with Gasteiger partial charge in [-0.2, -0.15) is 0 Å². The summed E-state index contributed by atoms with van der Waals surface area (Å²) in [6.07, 6.45) is 8.48. The Morgan fingerprint density at radius 1 is 0.769 bits per heavy atom. The zero-order valence-corrected chi connectivity index (χ0v) is 15.7. The van der Waals surface area contributed by atoms with Crippen molar-refractivity contribution in [2.24, 2.45) is 0 Å². The molecule has 2 aromatic carbocycles. The Labute approximate surface area is 158 Å². The number of benzene rings is 2. The number of rotatable bonds is 6. The molecule has 0 amide bonds. The molecule has 0 aliphatic rings. The van der Waals surface area contributed by atoms with Crippen LogP contribution in [0.25, 0.3) is 0 Å². The van der Waals surface area contributed by atoms with E-state index in [0.29, 0.717) is 6.61 Å². The third-order valence-corrected chi connectivity index (χ3v) is 3.73. The first kappa shape index (κ1) is 19.4. The van der Waals surface area contributed by atoms with Gasteiger partial charge in [-0.3, -0.25) is 0 Å². The summed E-state index contributed by atoms with van der Waals surface area (Å²) in [4.78, 5) is 0. The lowest BCUT2D eigenvalue weighted by atomic mass is 10.1. The van der Waals surface area contributed by atoms with Crippen molar-refractivity contribution in [1.29, 1.82) is 0 Å². The molecule has 2 aromatic rings. The molecule has 1 nitrogen and oxygen atoms in total. The molecule has 0 radical (unpaired) electrons. The van der Waals surface area contributed by atoms with Gasteiger partial charge in [-0.1, -0.05) is 56.1 Å². The van der Waals surface area contributed by atoms with Gasteiger partial charge in [0, 0.05) is 23.1 Å². The molecule has 0 aliphatic heterocycles. The molecular weight excluding hydrogens is 316 g/mol. The van der Waals surface area contributed by atoms with Crippen LogP contribution in [0.2, 0.25) is 0 Å². The van der Waals surface area contributed by atoms with E-state index >= 15 is 0 Å². The molecule has 0 aliphatic carbocycles. The molecule has 0 saturated carbocycles. The summed E-state index contributed by atoms with van der Waals surface area (Å²) in [6.45, 7) is 4.89. The predicted molar refractivity (Wildman–Crippen MR) is 110 cm³/mol. The average Bonchev–Trinajstić information content (AvgIpc) is 2.69. The van der Waals surface area contributed by atoms with Crippen molar-refractivity contribution in [2.75, 3.05) is 6.61 Å². The summed E-state index contributed by atoms with van der Waals surface area (Å²) in [7, 11) is 0. The van der Waals surface area contributed by atoms with Crippen LogP contribution in [0.1, 0.15) is 56.2 Å². The Morgan fingerprint density at radius 2 is 1.35 bits per heavy atom. The maximum absolute atomic E-state index is 5.64. The minimum Gasteiger partial charge on any atom is -0.490 e. The van der Waals surface area contributed by atoms with Gasteiger partial charge in [0.1, 0.15) is 12.4 Å². The summed E-state index contributed by atoms with van der Waals surface area (Å²) < 4.78 is 5.64. The van der Waals surface area contributed by atoms with Gasteiger partial charge in [-0.25, -0.2) is 0 Å². The van der Waals surface area contributed by atoms with E-state index in [1.165, 1.54) is 6.42 Å². The van der Waals surface area contributed by atoms with E-state index in [1.807, 2.05) is 54.6 Å². The smallest absolute Gasteiger partial charge is 0.119 e. The van der Waals surface area contributed by atoms with Crippen molar-refractivity contribution in [3.8, 4) is 29.4 Å². The van der Waals surface area contributed by atoms with Gasteiger partial charge in [0.25, 0.3) is 0 Å². The fourth-order valence-electron chi connectivity index (χ4n) is 2.22. The number of allylic oxidation sites excluding steroid dienone is 1. The van der Waals surface area contributed by atoms with E-state index < -0.39 is 0 Å². The second-order valence-electron chi connectivity index (χ2n) is 5.95. The van der Waals surface area contributed by atoms with Crippen molar-refractivity contribution in [3.63, 3.8) is 0 Å². The molecule has 0 heterocycles. The van der Waals surface area contributed by atoms with Crippen molar-refractivity contribution in [2.45, 2.75) is 39.5 Å². The van der Waals surface area contributed by atoms with Crippen molar-refractivity contribution in [1.82, 2.24) is 0 Å². The highest BCUT2D eigenvalue weighted by atomic mass is 16.5. The molecule has 0 N–H and O–H groups in total. The van der Waals surface area contributed by atoms with Crippen LogP contribution in [0.4, 0.5) is 0 Å². The van der Waals surface area contributed by atoms with Gasteiger partial charge in [0.15, 0.2) is 0 Å². The highest BCUT2D eigenvalue weighted by Gasteiger charge is 1.93. The van der Waals surface area contributed by atoms with E-state index in [4.69, 9.17) is 4.74 Å². The fourth-order valence-corrected chi connectivity index (χ4v) is 2.22. The molecule has 26 heavy (non-hydrogen) atoms. The minimum absolute atomic E-state index is 0.604. The van der Waals surface area contributed by atoms with Crippen molar-refractivity contribution >= 4 is 0 Å². The molecule has 1 heteroatoms. The highest BCUT2D eigenvalue weighted by Crippen LogP contribution is 2.12. The summed E-state index contributed by atoms with van der Waals surface area (Å²) in [5.74, 6) is 13.6. The molecule has 0 bridgehead atoms. The van der Waals surface area contributed by atoms with Crippen LogP contribution >= 0.6 is 0 Å². The van der Waals surface area contributed by atoms with E-state index in [9.17, 15) is 0 Å². The number of ether oxygens (including phenoxy) is 1. The van der Waals surface area contributed by atoms with Crippen molar-refractivity contribution in [3.05, 3.63) is 77.4 Å². The average molecular weight is 342 g/mol. The standard InChI is InChI=1S/C25H26O/c1-3-5-7-8-10-22-11-13-23(14-12-22)15-16-24-17-19-25(20-18-24)26-21-9-6-4-2/h6,9,11-14,17-20H,3-5,7,21H2,1-2H3. The lowest BCUT2D eigenvalue weighted by Crippen LogP contribution is -1.92. The lowest BCUT2D eigenvalue weighted by molar-refractivity contribution is 0.362. The highest BCUT2D eigenvalue weighted by molar-refractivity contribution is 5.46. The Bertz CT molecular complexity index is 803. The molecule has 0 unspecified atom stereocenters. The van der Waals surface area contributed by atoms with Crippen molar-refractivity contribution < 1.29 is 4.74 Å². The second-order valence-corrected chi connectivity index (χ2v) is 5.95. The third-order valence-electron chi connectivity index (χ3n) is 3.73. The van der Waals surface area contributed by atoms with Crippen LogP contribution in [0.5, 0.6) is 5.75 Å². The van der Waals surface area contributed by atoms with Gasteiger partial charge in [-0.15, -0.1) is 0 Å². The molecule has 0 aromatic heterocycles. The molecule has 0 spiro atoms. The van der Waals surface area contributed by atoms with E-state index in [-0.39, 0.29) is 0 Å². The topological polar surface area (TPSA) is 9.23 Å². The Hall–Kier alpha value is -2.90. The summed E-state index contributed by atoms with van der Waals surface area (Å²) in [6, 6.07) is 16.0. The van der Waals surface area contributed by atoms with Crippen LogP contribution in [0, 0.1) is 23.7 Å². The molecule has 0 fully saturated rings. The molecule has 2 rings (SSSR count). The normalized spacial score (nSPS) is 9.92. The maximum atomic E-state index is 5.64.